The van der Waals surface area contributed by atoms with Gasteiger partial charge in [-0.25, -0.2) is 14.2 Å². The summed E-state index contributed by atoms with van der Waals surface area (Å²) >= 11 is 0. The number of hydrogen-bond donors (Lipinski definition) is 2. The van der Waals surface area contributed by atoms with Gasteiger partial charge in [0, 0.05) is 30.0 Å². The topological polar surface area (TPSA) is 133 Å². The van der Waals surface area contributed by atoms with Gasteiger partial charge in [-0.1, -0.05) is 0 Å². The van der Waals surface area contributed by atoms with Crippen LogP contribution in [0, 0.1) is 12.7 Å². The summed E-state index contributed by atoms with van der Waals surface area (Å²) in [6.07, 6.45) is -2.27. The lowest BCUT2D eigenvalue weighted by Gasteiger charge is -2.20. The van der Waals surface area contributed by atoms with Gasteiger partial charge in [-0.3, -0.25) is 14.3 Å². The minimum Gasteiger partial charge on any atom is -0.453 e. The van der Waals surface area contributed by atoms with Gasteiger partial charge in [-0.2, -0.15) is 13.2 Å². The van der Waals surface area contributed by atoms with Crippen molar-refractivity contribution < 1.29 is 41.7 Å². The molecule has 0 saturated carbocycles. The minimum atomic E-state index is -4.69. The molecule has 0 radical (unpaired) electrons. The second kappa shape index (κ2) is 11.5. The molecule has 212 valence electrons. The van der Waals surface area contributed by atoms with Gasteiger partial charge in [0.05, 0.1) is 43.0 Å². The number of primary amides is 1. The van der Waals surface area contributed by atoms with E-state index in [2.05, 4.69) is 14.7 Å². The zero-order chi connectivity index (χ0) is 29.1. The zero-order valence-electron chi connectivity index (χ0n) is 21.8. The lowest BCUT2D eigenvalue weighted by atomic mass is 10.1. The number of alkyl halides is 3. The molecule has 0 aromatic carbocycles. The molecule has 10 nitrogen and oxygen atoms in total. The van der Waals surface area contributed by atoms with E-state index in [0.29, 0.717) is 41.9 Å². The Morgan fingerprint density at radius 2 is 1.87 bits per heavy atom. The first kappa shape index (κ1) is 29.8. The number of ether oxygens (including phenoxy) is 2. The van der Waals surface area contributed by atoms with Crippen molar-refractivity contribution in [1.82, 2.24) is 19.4 Å². The summed E-state index contributed by atoms with van der Waals surface area (Å²) < 4.78 is 63.6. The van der Waals surface area contributed by atoms with Crippen LogP contribution in [0.2, 0.25) is 0 Å². The number of carbonyl (C=O) groups is 2. The van der Waals surface area contributed by atoms with Crippen molar-refractivity contribution in [1.29, 1.82) is 0 Å². The number of carbonyl (C=O) groups excluding carboxylic acids is 2. The second-order valence-electron chi connectivity index (χ2n) is 9.59. The molecular formula is C25H29F4N5O5. The first-order chi connectivity index (χ1) is 18.1. The molecule has 3 N–H and O–H groups in total. The number of amides is 2. The highest BCUT2D eigenvalue weighted by Crippen LogP contribution is 2.31. The maximum atomic E-state index is 14.2. The molecule has 1 atom stereocenters. The maximum Gasteiger partial charge on any atom is 0.417 e. The van der Waals surface area contributed by atoms with E-state index in [1.54, 1.807) is 31.7 Å². The number of aromatic nitrogens is 3. The minimum absolute atomic E-state index is 0.00975. The van der Waals surface area contributed by atoms with Crippen LogP contribution in [0.15, 0.2) is 30.6 Å². The highest BCUT2D eigenvalue weighted by molar-refractivity contribution is 5.95. The van der Waals surface area contributed by atoms with Gasteiger partial charge in [-0.05, 0) is 45.4 Å². The molecule has 3 aromatic heterocycles. The predicted octanol–water partition coefficient (Wildman–Crippen LogP) is 3.60. The maximum absolute atomic E-state index is 14.2. The Morgan fingerprint density at radius 3 is 2.44 bits per heavy atom. The molecule has 0 spiro atoms. The largest absolute Gasteiger partial charge is 0.453 e. The number of hydrogen-bond acceptors (Lipinski definition) is 7. The molecule has 1 unspecified atom stereocenters. The van der Waals surface area contributed by atoms with E-state index < -0.39 is 29.1 Å². The molecule has 14 heteroatoms. The Hall–Kier alpha value is -3.78. The van der Waals surface area contributed by atoms with Crippen molar-refractivity contribution in [3.05, 3.63) is 53.4 Å². The second-order valence-corrected chi connectivity index (χ2v) is 9.59. The molecule has 0 aliphatic carbocycles. The summed E-state index contributed by atoms with van der Waals surface area (Å²) in [6.45, 7) is 6.50. The number of aliphatic hydroxyl groups is 1. The fraction of sp³-hybridized carbons (Fsp3) is 0.440. The first-order valence-corrected chi connectivity index (χ1v) is 11.8. The zero-order valence-corrected chi connectivity index (χ0v) is 21.8. The summed E-state index contributed by atoms with van der Waals surface area (Å²) in [5.74, 6) is -2.22. The van der Waals surface area contributed by atoms with Crippen LogP contribution in [0.3, 0.4) is 0 Å². The van der Waals surface area contributed by atoms with Gasteiger partial charge in [0.1, 0.15) is 5.69 Å². The SMILES string of the molecule is COC(=O)N1CCC(OCC(C)(C)O)C1.Cc1cc2cnc(C(N)=O)cc2n1-c1ncc(C(F)(F)F)cc1F. The van der Waals surface area contributed by atoms with Crippen LogP contribution in [0.1, 0.15) is 42.0 Å². The van der Waals surface area contributed by atoms with Crippen molar-refractivity contribution in [2.75, 3.05) is 26.8 Å². The number of fused-ring (bicyclic) bond motifs is 1. The van der Waals surface area contributed by atoms with Crippen molar-refractivity contribution in [3.63, 3.8) is 0 Å². The quantitative estimate of drug-likeness (QED) is 0.460. The van der Waals surface area contributed by atoms with Gasteiger partial charge >= 0.3 is 12.3 Å². The number of nitrogens with zero attached hydrogens (tertiary/aromatic N) is 4. The third kappa shape index (κ3) is 7.41. The molecule has 1 fully saturated rings. The molecule has 0 bridgehead atoms. The summed E-state index contributed by atoms with van der Waals surface area (Å²) in [5, 5.41) is 10.0. The summed E-state index contributed by atoms with van der Waals surface area (Å²) in [6, 6.07) is 3.36. The van der Waals surface area contributed by atoms with Crippen LogP contribution in [-0.2, 0) is 15.7 Å². The van der Waals surface area contributed by atoms with Crippen LogP contribution in [-0.4, -0.2) is 75.1 Å². The van der Waals surface area contributed by atoms with Gasteiger partial charge in [0.2, 0.25) is 0 Å². The molecule has 1 saturated heterocycles. The van der Waals surface area contributed by atoms with Crippen LogP contribution >= 0.6 is 0 Å². The summed E-state index contributed by atoms with van der Waals surface area (Å²) in [5.41, 5.74) is 4.00. The number of aryl methyl sites for hydroxylation is 1. The van der Waals surface area contributed by atoms with Crippen molar-refractivity contribution >= 4 is 22.9 Å². The highest BCUT2D eigenvalue weighted by Gasteiger charge is 2.32. The fourth-order valence-electron chi connectivity index (χ4n) is 3.89. The molecule has 4 rings (SSSR count). The average molecular weight is 556 g/mol. The Balaban J connectivity index is 0.000000242. The van der Waals surface area contributed by atoms with Gasteiger partial charge in [0.25, 0.3) is 5.91 Å². The fourth-order valence-corrected chi connectivity index (χ4v) is 3.89. The van der Waals surface area contributed by atoms with E-state index in [0.717, 1.165) is 6.42 Å². The normalized spacial score (nSPS) is 15.7. The number of halogens is 4. The summed E-state index contributed by atoms with van der Waals surface area (Å²) in [7, 11) is 1.37. The predicted molar refractivity (Wildman–Crippen MR) is 132 cm³/mol. The number of rotatable bonds is 5. The Bertz CT molecular complexity index is 1350. The smallest absolute Gasteiger partial charge is 0.417 e. The van der Waals surface area contributed by atoms with E-state index >= 15 is 0 Å². The van der Waals surface area contributed by atoms with Crippen LogP contribution < -0.4 is 5.73 Å². The van der Waals surface area contributed by atoms with Gasteiger partial charge in [-0.15, -0.1) is 0 Å². The standard InChI is InChI=1S/C15H10F4N4O.C10H19NO4/c1-7-2-8-5-21-11(13(20)24)4-12(8)23(7)14-10(16)3-9(6-22-14)15(17,18)19;1-10(2,13)7-15-8-4-5-11(6-8)9(12)14-3/h2-6H,1H3,(H2,20,24);8,13H,4-7H2,1-3H3. The third-order valence-electron chi connectivity index (χ3n) is 5.73. The van der Waals surface area contributed by atoms with E-state index in [1.807, 2.05) is 0 Å². The van der Waals surface area contributed by atoms with E-state index in [1.165, 1.54) is 23.9 Å². The lowest BCUT2D eigenvalue weighted by Crippen LogP contribution is -2.33. The first-order valence-electron chi connectivity index (χ1n) is 11.8. The Morgan fingerprint density at radius 1 is 1.18 bits per heavy atom. The van der Waals surface area contributed by atoms with Crippen LogP contribution in [0.25, 0.3) is 16.7 Å². The molecular weight excluding hydrogens is 526 g/mol. The Labute approximate surface area is 221 Å². The third-order valence-corrected chi connectivity index (χ3v) is 5.73. The van der Waals surface area contributed by atoms with Gasteiger partial charge < -0.3 is 25.2 Å². The number of likely N-dealkylation sites (tertiary alicyclic amines) is 1. The van der Waals surface area contributed by atoms with Crippen molar-refractivity contribution in [2.45, 2.75) is 45.1 Å². The van der Waals surface area contributed by atoms with Crippen molar-refractivity contribution in [2.24, 2.45) is 5.73 Å². The Kier molecular flexibility index (Phi) is 8.80. The van der Waals surface area contributed by atoms with E-state index in [-0.39, 0.29) is 30.3 Å². The van der Waals surface area contributed by atoms with Crippen molar-refractivity contribution in [3.8, 4) is 5.82 Å². The number of methoxy groups -OCH3 is 1. The number of pyridine rings is 2. The molecule has 1 aliphatic rings. The summed E-state index contributed by atoms with van der Waals surface area (Å²) in [4.78, 5) is 31.5. The monoisotopic (exact) mass is 555 g/mol. The molecule has 39 heavy (non-hydrogen) atoms. The number of nitrogens with two attached hydrogens (primary N) is 1. The lowest BCUT2D eigenvalue weighted by molar-refractivity contribution is -0.138. The van der Waals surface area contributed by atoms with E-state index in [9.17, 15) is 32.3 Å². The molecule has 4 heterocycles. The van der Waals surface area contributed by atoms with Crippen LogP contribution in [0.4, 0.5) is 22.4 Å². The van der Waals surface area contributed by atoms with Gasteiger partial charge in [0.15, 0.2) is 11.6 Å². The average Bonchev–Trinajstić information content (AvgIpc) is 3.45. The van der Waals surface area contributed by atoms with Crippen LogP contribution in [0.5, 0.6) is 0 Å². The van der Waals surface area contributed by atoms with E-state index in [4.69, 9.17) is 10.5 Å². The highest BCUT2D eigenvalue weighted by atomic mass is 19.4. The molecule has 1 aliphatic heterocycles. The molecule has 3 aromatic rings. The molecule has 2 amide bonds.